The summed E-state index contributed by atoms with van der Waals surface area (Å²) in [6.07, 6.45) is 1.89. The molecule has 0 saturated carbocycles. The quantitative estimate of drug-likeness (QED) is 0.490. The van der Waals surface area contributed by atoms with Gasteiger partial charge in [0, 0.05) is 18.8 Å². The summed E-state index contributed by atoms with van der Waals surface area (Å²) in [5.41, 5.74) is 3.75. The van der Waals surface area contributed by atoms with E-state index in [1.807, 2.05) is 48.5 Å². The number of fused-ring (bicyclic) bond motifs is 1. The zero-order valence-corrected chi connectivity index (χ0v) is 20.8. The molecule has 1 unspecified atom stereocenters. The second-order valence-electron chi connectivity index (χ2n) is 7.98. The Morgan fingerprint density at radius 3 is 2.38 bits per heavy atom. The van der Waals surface area contributed by atoms with Gasteiger partial charge in [-0.05, 0) is 57.0 Å². The number of allylic oxidation sites excluding steroid dienone is 1. The highest BCUT2D eigenvalue weighted by Gasteiger charge is 2.33. The maximum absolute atomic E-state index is 13.6. The van der Waals surface area contributed by atoms with Crippen molar-refractivity contribution in [2.24, 2.45) is 4.99 Å². The molecule has 0 fully saturated rings. The number of carbonyl (C=O) groups excluding carboxylic acids is 1. The summed E-state index contributed by atoms with van der Waals surface area (Å²) in [7, 11) is 0. The van der Waals surface area contributed by atoms with E-state index < -0.39 is 12.0 Å². The summed E-state index contributed by atoms with van der Waals surface area (Å²) in [6, 6.07) is 17.2. The van der Waals surface area contributed by atoms with Crippen molar-refractivity contribution < 1.29 is 9.53 Å². The first-order chi connectivity index (χ1) is 16.5. The van der Waals surface area contributed by atoms with Crippen molar-refractivity contribution >= 4 is 29.1 Å². The van der Waals surface area contributed by atoms with Crippen LogP contribution in [0.3, 0.4) is 0 Å². The number of nitrogens with zero attached hydrogens (tertiary/aromatic N) is 3. The van der Waals surface area contributed by atoms with E-state index in [2.05, 4.69) is 35.9 Å². The van der Waals surface area contributed by atoms with E-state index >= 15 is 0 Å². The number of aromatic nitrogens is 1. The van der Waals surface area contributed by atoms with E-state index in [4.69, 9.17) is 4.74 Å². The number of ether oxygens (including phenoxy) is 1. The maximum atomic E-state index is 13.6. The van der Waals surface area contributed by atoms with Gasteiger partial charge >= 0.3 is 5.97 Å². The Morgan fingerprint density at radius 1 is 1.09 bits per heavy atom. The van der Waals surface area contributed by atoms with Crippen molar-refractivity contribution in [2.75, 3.05) is 24.6 Å². The second kappa shape index (κ2) is 10.2. The zero-order valence-electron chi connectivity index (χ0n) is 19.9. The van der Waals surface area contributed by atoms with Gasteiger partial charge in [-0.2, -0.15) is 0 Å². The van der Waals surface area contributed by atoms with E-state index in [9.17, 15) is 9.59 Å². The number of benzene rings is 2. The SMILES string of the molecule is CCOC(=O)C1=C(C)N=c2s/c(=C\c3ccc(N(CC)CC)cc3)c(=O)n2C1c1ccccc1. The van der Waals surface area contributed by atoms with Crippen molar-refractivity contribution in [3.05, 3.63) is 96.7 Å². The van der Waals surface area contributed by atoms with Crippen LogP contribution in [-0.2, 0) is 9.53 Å². The highest BCUT2D eigenvalue weighted by Crippen LogP contribution is 2.30. The van der Waals surface area contributed by atoms with Crippen molar-refractivity contribution in [2.45, 2.75) is 33.7 Å². The minimum absolute atomic E-state index is 0.167. The minimum Gasteiger partial charge on any atom is -0.463 e. The molecular formula is C27H29N3O3S. The van der Waals surface area contributed by atoms with Crippen molar-refractivity contribution in [1.82, 2.24) is 4.57 Å². The average molecular weight is 476 g/mol. The van der Waals surface area contributed by atoms with Crippen molar-refractivity contribution in [3.63, 3.8) is 0 Å². The first-order valence-corrected chi connectivity index (χ1v) is 12.4. The fourth-order valence-electron chi connectivity index (χ4n) is 4.26. The van der Waals surface area contributed by atoms with Crippen LogP contribution in [0, 0.1) is 0 Å². The lowest BCUT2D eigenvalue weighted by molar-refractivity contribution is -0.139. The van der Waals surface area contributed by atoms with Crippen LogP contribution in [-0.4, -0.2) is 30.2 Å². The normalized spacial score (nSPS) is 15.6. The van der Waals surface area contributed by atoms with E-state index in [0.717, 1.165) is 29.9 Å². The molecule has 4 rings (SSSR count). The molecule has 0 aliphatic carbocycles. The molecule has 0 N–H and O–H groups in total. The highest BCUT2D eigenvalue weighted by molar-refractivity contribution is 7.07. The number of rotatable bonds is 7. The van der Waals surface area contributed by atoms with E-state index in [0.29, 0.717) is 20.6 Å². The molecule has 1 aromatic heterocycles. The van der Waals surface area contributed by atoms with Crippen molar-refractivity contribution in [3.8, 4) is 0 Å². The Bertz CT molecular complexity index is 1380. The number of esters is 1. The lowest BCUT2D eigenvalue weighted by Crippen LogP contribution is -2.39. The summed E-state index contributed by atoms with van der Waals surface area (Å²) in [6.45, 7) is 9.97. The van der Waals surface area contributed by atoms with Gasteiger partial charge in [-0.15, -0.1) is 0 Å². The average Bonchev–Trinajstić information content (AvgIpc) is 3.15. The molecule has 1 aliphatic rings. The Hall–Kier alpha value is -3.45. The van der Waals surface area contributed by atoms with Gasteiger partial charge in [-0.3, -0.25) is 9.36 Å². The van der Waals surface area contributed by atoms with Gasteiger partial charge in [0.15, 0.2) is 4.80 Å². The Kier molecular flexibility index (Phi) is 7.12. The Morgan fingerprint density at radius 2 is 1.76 bits per heavy atom. The lowest BCUT2D eigenvalue weighted by Gasteiger charge is -2.24. The molecule has 0 saturated heterocycles. The van der Waals surface area contributed by atoms with Crippen LogP contribution in [0.2, 0.25) is 0 Å². The van der Waals surface area contributed by atoms with Gasteiger partial charge in [0.05, 0.1) is 28.5 Å². The lowest BCUT2D eigenvalue weighted by atomic mass is 9.96. The van der Waals surface area contributed by atoms with Crippen LogP contribution in [0.5, 0.6) is 0 Å². The number of anilines is 1. The number of thiazole rings is 1. The summed E-state index contributed by atoms with van der Waals surface area (Å²) in [5.74, 6) is -0.445. The standard InChI is InChI=1S/C27H29N3O3S/c1-5-29(6-2)21-15-13-19(14-16-21)17-22-25(31)30-24(20-11-9-8-10-12-20)23(26(32)33-7-3)18(4)28-27(30)34-22/h8-17,24H,5-7H2,1-4H3/b22-17-. The Labute approximate surface area is 203 Å². The monoisotopic (exact) mass is 475 g/mol. The van der Waals surface area contributed by atoms with Crippen LogP contribution in [0.15, 0.2) is 75.7 Å². The van der Waals surface area contributed by atoms with Crippen molar-refractivity contribution in [1.29, 1.82) is 0 Å². The number of hydrogen-bond donors (Lipinski definition) is 0. The summed E-state index contributed by atoms with van der Waals surface area (Å²) in [5, 5.41) is 0. The molecule has 2 aromatic carbocycles. The van der Waals surface area contributed by atoms with Gasteiger partial charge in [0.2, 0.25) is 0 Å². The second-order valence-corrected chi connectivity index (χ2v) is 8.99. The fourth-order valence-corrected chi connectivity index (χ4v) is 5.31. The molecule has 1 atom stereocenters. The Balaban J connectivity index is 1.84. The van der Waals surface area contributed by atoms with Gasteiger partial charge in [-0.25, -0.2) is 9.79 Å². The summed E-state index contributed by atoms with van der Waals surface area (Å²) < 4.78 is 7.53. The van der Waals surface area contributed by atoms with Crippen LogP contribution >= 0.6 is 11.3 Å². The third-order valence-corrected chi connectivity index (χ3v) is 6.93. The largest absolute Gasteiger partial charge is 0.463 e. The molecule has 0 amide bonds. The third kappa shape index (κ3) is 4.48. The molecule has 0 bridgehead atoms. The molecule has 6 nitrogen and oxygen atoms in total. The van der Waals surface area contributed by atoms with Crippen LogP contribution in [0.1, 0.15) is 44.9 Å². The molecule has 34 heavy (non-hydrogen) atoms. The van der Waals surface area contributed by atoms with E-state index in [1.54, 1.807) is 18.4 Å². The van der Waals surface area contributed by atoms with Gasteiger partial charge in [0.1, 0.15) is 0 Å². The molecule has 3 aromatic rings. The molecule has 2 heterocycles. The first-order valence-electron chi connectivity index (χ1n) is 11.6. The van der Waals surface area contributed by atoms with E-state index in [-0.39, 0.29) is 12.2 Å². The summed E-state index contributed by atoms with van der Waals surface area (Å²) in [4.78, 5) is 34.0. The smallest absolute Gasteiger partial charge is 0.338 e. The van der Waals surface area contributed by atoms with Gasteiger partial charge < -0.3 is 9.64 Å². The molecule has 1 aliphatic heterocycles. The maximum Gasteiger partial charge on any atom is 0.338 e. The number of hydrogen-bond acceptors (Lipinski definition) is 6. The minimum atomic E-state index is -0.580. The molecule has 0 spiro atoms. The van der Waals surface area contributed by atoms with Crippen LogP contribution in [0.4, 0.5) is 5.69 Å². The van der Waals surface area contributed by atoms with Gasteiger partial charge in [-0.1, -0.05) is 53.8 Å². The topological polar surface area (TPSA) is 63.9 Å². The zero-order chi connectivity index (χ0) is 24.2. The third-order valence-electron chi connectivity index (χ3n) is 5.95. The molecule has 176 valence electrons. The molecular weight excluding hydrogens is 446 g/mol. The predicted octanol–water partition coefficient (Wildman–Crippen LogP) is 3.64. The fraction of sp³-hybridized carbons (Fsp3) is 0.296. The number of carbonyl (C=O) groups is 1. The highest BCUT2D eigenvalue weighted by atomic mass is 32.1. The van der Waals surface area contributed by atoms with Crippen LogP contribution in [0.25, 0.3) is 6.08 Å². The molecule has 0 radical (unpaired) electrons. The molecule has 7 heteroatoms. The first kappa shape index (κ1) is 23.7. The van der Waals surface area contributed by atoms with E-state index in [1.165, 1.54) is 11.3 Å². The van der Waals surface area contributed by atoms with Crippen LogP contribution < -0.4 is 19.8 Å². The summed E-state index contributed by atoms with van der Waals surface area (Å²) >= 11 is 1.34. The predicted molar refractivity (Wildman–Crippen MR) is 137 cm³/mol. The van der Waals surface area contributed by atoms with Gasteiger partial charge in [0.25, 0.3) is 5.56 Å².